The Bertz CT molecular complexity index is 369. The van der Waals surface area contributed by atoms with Crippen LogP contribution in [-0.2, 0) is 4.79 Å². The van der Waals surface area contributed by atoms with Gasteiger partial charge < -0.3 is 10.6 Å². The zero-order valence-electron chi connectivity index (χ0n) is 10.1. The molecule has 1 aromatic heterocycles. The summed E-state index contributed by atoms with van der Waals surface area (Å²) in [5.74, 6) is 0.0631. The van der Waals surface area contributed by atoms with Gasteiger partial charge >= 0.3 is 0 Å². The lowest BCUT2D eigenvalue weighted by atomic mass is 10.1. The fourth-order valence-electron chi connectivity index (χ4n) is 1.85. The smallest absolute Gasteiger partial charge is 0.227 e. The standard InChI is InChI=1S/C11H17N3OS.ClH/c1-7-8(2)16-11(13-7)14-10(15)6-9-4-3-5-12-9;/h9,12H,3-6H2,1-2H3,(H,13,14,15);1H. The van der Waals surface area contributed by atoms with Crippen LogP contribution in [0.2, 0.25) is 0 Å². The predicted octanol–water partition coefficient (Wildman–Crippen LogP) is 2.26. The van der Waals surface area contributed by atoms with E-state index in [1.807, 2.05) is 13.8 Å². The molecule has 1 aliphatic heterocycles. The molecule has 6 heteroatoms. The maximum Gasteiger partial charge on any atom is 0.227 e. The number of nitrogens with zero attached hydrogens (tertiary/aromatic N) is 1. The Hall–Kier alpha value is -0.650. The zero-order valence-corrected chi connectivity index (χ0v) is 11.7. The lowest BCUT2D eigenvalue weighted by Gasteiger charge is -2.08. The predicted molar refractivity (Wildman–Crippen MR) is 73.1 cm³/mol. The van der Waals surface area contributed by atoms with Gasteiger partial charge in [-0.15, -0.1) is 23.7 Å². The number of aromatic nitrogens is 1. The van der Waals surface area contributed by atoms with Crippen LogP contribution >= 0.6 is 23.7 Å². The van der Waals surface area contributed by atoms with Crippen LogP contribution in [0.5, 0.6) is 0 Å². The molecule has 1 saturated heterocycles. The van der Waals surface area contributed by atoms with Gasteiger partial charge in [-0.3, -0.25) is 4.79 Å². The van der Waals surface area contributed by atoms with E-state index in [0.717, 1.165) is 28.7 Å². The first-order valence-electron chi connectivity index (χ1n) is 5.62. The van der Waals surface area contributed by atoms with Crippen LogP contribution in [0.25, 0.3) is 0 Å². The topological polar surface area (TPSA) is 54.0 Å². The number of aryl methyl sites for hydroxylation is 2. The van der Waals surface area contributed by atoms with Crippen LogP contribution < -0.4 is 10.6 Å². The van der Waals surface area contributed by atoms with Crippen molar-refractivity contribution >= 4 is 34.8 Å². The summed E-state index contributed by atoms with van der Waals surface area (Å²) in [4.78, 5) is 17.2. The van der Waals surface area contributed by atoms with Gasteiger partial charge in [0.1, 0.15) is 0 Å². The third kappa shape index (κ3) is 3.94. The van der Waals surface area contributed by atoms with Crippen LogP contribution in [0.1, 0.15) is 29.8 Å². The van der Waals surface area contributed by atoms with Gasteiger partial charge in [0.25, 0.3) is 0 Å². The number of nitrogens with one attached hydrogen (secondary N) is 2. The molecule has 1 aromatic rings. The van der Waals surface area contributed by atoms with Crippen molar-refractivity contribution in [2.75, 3.05) is 11.9 Å². The summed E-state index contributed by atoms with van der Waals surface area (Å²) in [6.45, 7) is 5.01. The first-order chi connectivity index (χ1) is 7.65. The van der Waals surface area contributed by atoms with Gasteiger partial charge in [0.15, 0.2) is 5.13 Å². The number of carbonyl (C=O) groups excluding carboxylic acids is 1. The molecule has 2 rings (SSSR count). The van der Waals surface area contributed by atoms with Crippen molar-refractivity contribution in [2.24, 2.45) is 0 Å². The molecule has 0 bridgehead atoms. The molecule has 0 aliphatic carbocycles. The molecule has 2 N–H and O–H groups in total. The lowest BCUT2D eigenvalue weighted by molar-refractivity contribution is -0.116. The Morgan fingerprint density at radius 3 is 2.88 bits per heavy atom. The molecule has 1 atom stereocenters. The third-order valence-electron chi connectivity index (χ3n) is 2.87. The SMILES string of the molecule is Cc1nc(NC(=O)CC2CCCN2)sc1C.Cl. The lowest BCUT2D eigenvalue weighted by Crippen LogP contribution is -2.27. The van der Waals surface area contributed by atoms with Gasteiger partial charge in [-0.1, -0.05) is 0 Å². The number of carbonyl (C=O) groups is 1. The van der Waals surface area contributed by atoms with Crippen LogP contribution in [0.15, 0.2) is 0 Å². The fraction of sp³-hybridized carbons (Fsp3) is 0.636. The first-order valence-corrected chi connectivity index (χ1v) is 6.44. The molecule has 1 aliphatic rings. The molecule has 0 radical (unpaired) electrons. The van der Waals surface area contributed by atoms with Gasteiger partial charge in [-0.2, -0.15) is 0 Å². The normalized spacial score (nSPS) is 18.8. The third-order valence-corrected chi connectivity index (χ3v) is 3.86. The van der Waals surface area contributed by atoms with Crippen molar-refractivity contribution in [1.82, 2.24) is 10.3 Å². The molecule has 0 saturated carbocycles. The van der Waals surface area contributed by atoms with E-state index in [1.54, 1.807) is 0 Å². The second kappa shape index (κ2) is 6.33. The molecular formula is C11H18ClN3OS. The minimum atomic E-state index is 0. The van der Waals surface area contributed by atoms with E-state index in [4.69, 9.17) is 0 Å². The summed E-state index contributed by atoms with van der Waals surface area (Å²) < 4.78 is 0. The molecule has 1 fully saturated rings. The average molecular weight is 276 g/mol. The monoisotopic (exact) mass is 275 g/mol. The molecule has 1 amide bonds. The molecule has 0 aromatic carbocycles. The van der Waals surface area contributed by atoms with Gasteiger partial charge in [-0.05, 0) is 33.2 Å². The van der Waals surface area contributed by atoms with E-state index < -0.39 is 0 Å². The molecule has 4 nitrogen and oxygen atoms in total. The molecule has 17 heavy (non-hydrogen) atoms. The number of amides is 1. The van der Waals surface area contributed by atoms with Crippen molar-refractivity contribution in [3.63, 3.8) is 0 Å². The highest BCUT2D eigenvalue weighted by molar-refractivity contribution is 7.15. The van der Waals surface area contributed by atoms with E-state index in [1.165, 1.54) is 17.8 Å². The summed E-state index contributed by atoms with van der Waals surface area (Å²) in [7, 11) is 0. The van der Waals surface area contributed by atoms with Gasteiger partial charge in [0, 0.05) is 17.3 Å². The van der Waals surface area contributed by atoms with E-state index in [-0.39, 0.29) is 18.3 Å². The zero-order chi connectivity index (χ0) is 11.5. The Labute approximate surface area is 112 Å². The van der Waals surface area contributed by atoms with E-state index in [2.05, 4.69) is 15.6 Å². The fourth-order valence-corrected chi connectivity index (χ4v) is 2.68. The second-order valence-electron chi connectivity index (χ2n) is 4.21. The van der Waals surface area contributed by atoms with Crippen LogP contribution in [0, 0.1) is 13.8 Å². The van der Waals surface area contributed by atoms with E-state index in [0.29, 0.717) is 12.5 Å². The molecule has 2 heterocycles. The van der Waals surface area contributed by atoms with E-state index in [9.17, 15) is 4.79 Å². The van der Waals surface area contributed by atoms with Crippen molar-refractivity contribution in [1.29, 1.82) is 0 Å². The highest BCUT2D eigenvalue weighted by Crippen LogP contribution is 2.21. The quantitative estimate of drug-likeness (QED) is 0.890. The number of halogens is 1. The Morgan fingerprint density at radius 1 is 1.59 bits per heavy atom. The molecule has 96 valence electrons. The van der Waals surface area contributed by atoms with Gasteiger partial charge in [0.05, 0.1) is 5.69 Å². The van der Waals surface area contributed by atoms with E-state index >= 15 is 0 Å². The number of thiazole rings is 1. The number of hydrogen-bond donors (Lipinski definition) is 2. The van der Waals surface area contributed by atoms with Crippen LogP contribution in [-0.4, -0.2) is 23.5 Å². The Balaban J connectivity index is 0.00000144. The maximum absolute atomic E-state index is 11.7. The summed E-state index contributed by atoms with van der Waals surface area (Å²) in [5.41, 5.74) is 0.999. The average Bonchev–Trinajstić information content (AvgIpc) is 2.78. The second-order valence-corrected chi connectivity index (χ2v) is 5.41. The van der Waals surface area contributed by atoms with Gasteiger partial charge in [0.2, 0.25) is 5.91 Å². The summed E-state index contributed by atoms with van der Waals surface area (Å²) in [6.07, 6.45) is 2.83. The minimum Gasteiger partial charge on any atom is -0.313 e. The summed E-state index contributed by atoms with van der Waals surface area (Å²) in [6, 6.07) is 0.349. The summed E-state index contributed by atoms with van der Waals surface area (Å²) in [5, 5.41) is 6.89. The van der Waals surface area contributed by atoms with Gasteiger partial charge in [-0.25, -0.2) is 4.98 Å². The molecular weight excluding hydrogens is 258 g/mol. The number of anilines is 1. The molecule has 1 unspecified atom stereocenters. The maximum atomic E-state index is 11.7. The minimum absolute atomic E-state index is 0. The largest absolute Gasteiger partial charge is 0.313 e. The number of rotatable bonds is 3. The molecule has 0 spiro atoms. The first kappa shape index (κ1) is 14.4. The Morgan fingerprint density at radius 2 is 2.35 bits per heavy atom. The summed E-state index contributed by atoms with van der Waals surface area (Å²) >= 11 is 1.54. The highest BCUT2D eigenvalue weighted by atomic mass is 35.5. The van der Waals surface area contributed by atoms with Crippen LogP contribution in [0.4, 0.5) is 5.13 Å². The van der Waals surface area contributed by atoms with Crippen molar-refractivity contribution in [3.8, 4) is 0 Å². The van der Waals surface area contributed by atoms with Crippen molar-refractivity contribution in [2.45, 2.75) is 39.2 Å². The van der Waals surface area contributed by atoms with Crippen molar-refractivity contribution in [3.05, 3.63) is 10.6 Å². The van der Waals surface area contributed by atoms with Crippen molar-refractivity contribution < 1.29 is 4.79 Å². The highest BCUT2D eigenvalue weighted by Gasteiger charge is 2.18. The Kier molecular flexibility index (Phi) is 5.36. The van der Waals surface area contributed by atoms with Crippen LogP contribution in [0.3, 0.4) is 0 Å². The number of hydrogen-bond acceptors (Lipinski definition) is 4.